The predicted octanol–water partition coefficient (Wildman–Crippen LogP) is 0.849. The van der Waals surface area contributed by atoms with Crippen LogP contribution in [0, 0.1) is 0 Å². The summed E-state index contributed by atoms with van der Waals surface area (Å²) in [6.45, 7) is 0.221. The number of aromatic nitrogens is 2. The fourth-order valence-corrected chi connectivity index (χ4v) is 1.92. The highest BCUT2D eigenvalue weighted by molar-refractivity contribution is 7.16. The molecule has 0 fully saturated rings. The molecule has 2 heterocycles. The lowest BCUT2D eigenvalue weighted by molar-refractivity contribution is -0.118. The first-order chi connectivity index (χ1) is 7.31. The Balaban J connectivity index is 2.20. The molecule has 0 radical (unpaired) electrons. The van der Waals surface area contributed by atoms with E-state index in [1.54, 1.807) is 18.4 Å². The number of hydrogen-bond donors (Lipinski definition) is 2. The summed E-state index contributed by atoms with van der Waals surface area (Å²) in [5.74, 6) is 0.627. The first-order valence-electron chi connectivity index (χ1n) is 4.44. The van der Waals surface area contributed by atoms with Gasteiger partial charge in [0.1, 0.15) is 17.0 Å². The van der Waals surface area contributed by atoms with Crippen LogP contribution in [0.25, 0.3) is 10.2 Å². The van der Waals surface area contributed by atoms with Gasteiger partial charge in [-0.1, -0.05) is 0 Å². The molecule has 0 bridgehead atoms. The van der Waals surface area contributed by atoms with Crippen LogP contribution in [0.5, 0.6) is 0 Å². The van der Waals surface area contributed by atoms with Gasteiger partial charge in [0.25, 0.3) is 0 Å². The number of carbonyl (C=O) groups is 1. The van der Waals surface area contributed by atoms with Crippen LogP contribution in [0.2, 0.25) is 0 Å². The maximum atomic E-state index is 11.0. The topological polar surface area (TPSA) is 66.9 Å². The molecular weight excluding hydrogens is 212 g/mol. The standard InChI is InChI=1S/C9H10N4OS/c1-10-7(14)4-11-8-6-2-3-15-9(6)13-5-12-8/h2-3,5H,4H2,1H3,(H,10,14)(H,11,12,13). The van der Waals surface area contributed by atoms with Crippen LogP contribution in [-0.4, -0.2) is 29.5 Å². The van der Waals surface area contributed by atoms with Crippen molar-refractivity contribution in [3.05, 3.63) is 17.8 Å². The number of hydrogen-bond acceptors (Lipinski definition) is 5. The molecule has 0 saturated heterocycles. The summed E-state index contributed by atoms with van der Waals surface area (Å²) in [7, 11) is 1.60. The van der Waals surface area contributed by atoms with E-state index >= 15 is 0 Å². The molecule has 2 N–H and O–H groups in total. The number of nitrogens with zero attached hydrogens (tertiary/aromatic N) is 2. The zero-order valence-electron chi connectivity index (χ0n) is 8.15. The average Bonchev–Trinajstić information content (AvgIpc) is 2.74. The van der Waals surface area contributed by atoms with Crippen molar-refractivity contribution in [3.63, 3.8) is 0 Å². The van der Waals surface area contributed by atoms with E-state index in [9.17, 15) is 4.79 Å². The lowest BCUT2D eigenvalue weighted by atomic mass is 10.4. The summed E-state index contributed by atoms with van der Waals surface area (Å²) in [6, 6.07) is 1.94. The largest absolute Gasteiger partial charge is 0.360 e. The highest BCUT2D eigenvalue weighted by Gasteiger charge is 2.05. The van der Waals surface area contributed by atoms with Crippen LogP contribution >= 0.6 is 11.3 Å². The van der Waals surface area contributed by atoms with Crippen molar-refractivity contribution in [2.24, 2.45) is 0 Å². The molecule has 78 valence electrons. The van der Waals surface area contributed by atoms with Gasteiger partial charge in [0.05, 0.1) is 11.9 Å². The van der Waals surface area contributed by atoms with Crippen LogP contribution in [-0.2, 0) is 4.79 Å². The number of thiophene rings is 1. The van der Waals surface area contributed by atoms with Gasteiger partial charge in [-0.3, -0.25) is 4.79 Å². The molecule has 0 aliphatic rings. The van der Waals surface area contributed by atoms with Crippen LogP contribution in [0.1, 0.15) is 0 Å². The third kappa shape index (κ3) is 2.04. The number of fused-ring (bicyclic) bond motifs is 1. The Hall–Kier alpha value is -1.69. The SMILES string of the molecule is CNC(=O)CNc1ncnc2sccc12. The lowest BCUT2D eigenvalue weighted by Crippen LogP contribution is -2.26. The van der Waals surface area contributed by atoms with E-state index < -0.39 is 0 Å². The van der Waals surface area contributed by atoms with Crippen LogP contribution < -0.4 is 10.6 Å². The van der Waals surface area contributed by atoms with E-state index in [0.717, 1.165) is 10.2 Å². The molecule has 2 aromatic rings. The van der Waals surface area contributed by atoms with Gasteiger partial charge >= 0.3 is 0 Å². The maximum absolute atomic E-state index is 11.0. The van der Waals surface area contributed by atoms with Crippen LogP contribution in [0.4, 0.5) is 5.82 Å². The monoisotopic (exact) mass is 222 g/mol. The van der Waals surface area contributed by atoms with Gasteiger partial charge in [0.2, 0.25) is 5.91 Å². The first-order valence-corrected chi connectivity index (χ1v) is 5.32. The van der Waals surface area contributed by atoms with E-state index in [1.807, 2.05) is 11.4 Å². The minimum absolute atomic E-state index is 0.0722. The van der Waals surface area contributed by atoms with Crippen molar-refractivity contribution in [2.75, 3.05) is 18.9 Å². The number of nitrogens with one attached hydrogen (secondary N) is 2. The minimum Gasteiger partial charge on any atom is -0.360 e. The Labute approximate surface area is 90.5 Å². The van der Waals surface area contributed by atoms with Crippen molar-refractivity contribution >= 4 is 33.3 Å². The fourth-order valence-electron chi connectivity index (χ4n) is 1.18. The molecule has 2 rings (SSSR count). The summed E-state index contributed by atoms with van der Waals surface area (Å²) in [4.78, 5) is 20.2. The molecule has 15 heavy (non-hydrogen) atoms. The van der Waals surface area contributed by atoms with E-state index in [2.05, 4.69) is 20.6 Å². The number of anilines is 1. The summed E-state index contributed by atoms with van der Waals surface area (Å²) in [6.07, 6.45) is 1.49. The molecule has 6 heteroatoms. The molecule has 0 atom stereocenters. The summed E-state index contributed by atoms with van der Waals surface area (Å²) >= 11 is 1.55. The Kier molecular flexibility index (Phi) is 2.77. The zero-order chi connectivity index (χ0) is 10.7. The molecule has 1 amide bonds. The normalized spacial score (nSPS) is 10.2. The maximum Gasteiger partial charge on any atom is 0.239 e. The van der Waals surface area contributed by atoms with Gasteiger partial charge in [0, 0.05) is 7.05 Å². The number of carbonyl (C=O) groups excluding carboxylic acids is 1. The second-order valence-corrected chi connectivity index (χ2v) is 3.78. The third-order valence-electron chi connectivity index (χ3n) is 1.96. The molecule has 0 aliphatic heterocycles. The Bertz CT molecular complexity index is 482. The predicted molar refractivity (Wildman–Crippen MR) is 60.0 cm³/mol. The average molecular weight is 222 g/mol. The van der Waals surface area contributed by atoms with Gasteiger partial charge in [-0.25, -0.2) is 9.97 Å². The molecular formula is C9H10N4OS. The lowest BCUT2D eigenvalue weighted by Gasteiger charge is -2.04. The fraction of sp³-hybridized carbons (Fsp3) is 0.222. The number of amides is 1. The summed E-state index contributed by atoms with van der Waals surface area (Å²) in [5.41, 5.74) is 0. The van der Waals surface area contributed by atoms with E-state index in [1.165, 1.54) is 6.33 Å². The summed E-state index contributed by atoms with van der Waals surface area (Å²) < 4.78 is 0. The van der Waals surface area contributed by atoms with E-state index in [4.69, 9.17) is 0 Å². The van der Waals surface area contributed by atoms with Gasteiger partial charge < -0.3 is 10.6 Å². The molecule has 0 unspecified atom stereocenters. The summed E-state index contributed by atoms with van der Waals surface area (Å²) in [5, 5.41) is 8.40. The highest BCUT2D eigenvalue weighted by atomic mass is 32.1. The smallest absolute Gasteiger partial charge is 0.239 e. The van der Waals surface area contributed by atoms with Gasteiger partial charge in [-0.15, -0.1) is 11.3 Å². The van der Waals surface area contributed by atoms with Gasteiger partial charge in [0.15, 0.2) is 0 Å². The second kappa shape index (κ2) is 4.22. The van der Waals surface area contributed by atoms with Crippen molar-refractivity contribution in [3.8, 4) is 0 Å². The van der Waals surface area contributed by atoms with Gasteiger partial charge in [-0.05, 0) is 11.4 Å². The molecule has 0 aromatic carbocycles. The number of likely N-dealkylation sites (N-methyl/N-ethyl adjacent to an activating group) is 1. The van der Waals surface area contributed by atoms with E-state index in [-0.39, 0.29) is 12.5 Å². The minimum atomic E-state index is -0.0722. The zero-order valence-corrected chi connectivity index (χ0v) is 8.97. The first kappa shape index (κ1) is 9.85. The van der Waals surface area contributed by atoms with Gasteiger partial charge in [-0.2, -0.15) is 0 Å². The quantitative estimate of drug-likeness (QED) is 0.808. The third-order valence-corrected chi connectivity index (χ3v) is 2.78. The molecule has 2 aromatic heterocycles. The van der Waals surface area contributed by atoms with Crippen molar-refractivity contribution < 1.29 is 4.79 Å². The Morgan fingerprint density at radius 2 is 2.40 bits per heavy atom. The number of rotatable bonds is 3. The second-order valence-electron chi connectivity index (χ2n) is 2.89. The molecule has 0 spiro atoms. The Morgan fingerprint density at radius 3 is 3.20 bits per heavy atom. The van der Waals surface area contributed by atoms with Crippen molar-refractivity contribution in [1.82, 2.24) is 15.3 Å². The van der Waals surface area contributed by atoms with Crippen molar-refractivity contribution in [2.45, 2.75) is 0 Å². The molecule has 0 saturated carbocycles. The van der Waals surface area contributed by atoms with Crippen molar-refractivity contribution in [1.29, 1.82) is 0 Å². The van der Waals surface area contributed by atoms with Crippen LogP contribution in [0.15, 0.2) is 17.8 Å². The van der Waals surface area contributed by atoms with E-state index in [0.29, 0.717) is 5.82 Å². The van der Waals surface area contributed by atoms with Crippen LogP contribution in [0.3, 0.4) is 0 Å². The molecule has 5 nitrogen and oxygen atoms in total. The molecule has 0 aliphatic carbocycles. The highest BCUT2D eigenvalue weighted by Crippen LogP contribution is 2.23. The Morgan fingerprint density at radius 1 is 1.53 bits per heavy atom.